The molecule has 3 aromatic carbocycles. The van der Waals surface area contributed by atoms with Gasteiger partial charge in [-0.3, -0.25) is 0 Å². The minimum absolute atomic E-state index is 0.220. The summed E-state index contributed by atoms with van der Waals surface area (Å²) in [7, 11) is 0. The Kier molecular flexibility index (Phi) is 8.12. The average molecular weight is 639 g/mol. The molecule has 2 nitrogen and oxygen atoms in total. The summed E-state index contributed by atoms with van der Waals surface area (Å²) < 4.78 is 0. The Bertz CT molecular complexity index is 2060. The van der Waals surface area contributed by atoms with Gasteiger partial charge >= 0.3 is 0 Å². The molecule has 0 amide bonds. The van der Waals surface area contributed by atoms with Crippen LogP contribution in [0.1, 0.15) is 74.6 Å². The third-order valence-electron chi connectivity index (χ3n) is 11.0. The van der Waals surface area contributed by atoms with E-state index in [9.17, 15) is 0 Å². The number of para-hydroxylation sites is 1. The van der Waals surface area contributed by atoms with Gasteiger partial charge < -0.3 is 9.80 Å². The summed E-state index contributed by atoms with van der Waals surface area (Å²) in [6.07, 6.45) is 30.9. The fourth-order valence-electron chi connectivity index (χ4n) is 8.37. The molecule has 0 spiro atoms. The Hall–Kier alpha value is -5.08. The zero-order valence-electron chi connectivity index (χ0n) is 29.0. The van der Waals surface area contributed by atoms with Crippen molar-refractivity contribution in [2.45, 2.75) is 70.3 Å². The quantitative estimate of drug-likeness (QED) is 0.254. The van der Waals surface area contributed by atoms with Crippen LogP contribution in [0.15, 0.2) is 163 Å². The van der Waals surface area contributed by atoms with Crippen LogP contribution in [0.25, 0.3) is 11.6 Å². The molecule has 8 rings (SSSR count). The van der Waals surface area contributed by atoms with Gasteiger partial charge in [-0.15, -0.1) is 0 Å². The van der Waals surface area contributed by atoms with Gasteiger partial charge in [0.25, 0.3) is 0 Å². The van der Waals surface area contributed by atoms with Gasteiger partial charge in [-0.25, -0.2) is 0 Å². The first kappa shape index (κ1) is 31.2. The van der Waals surface area contributed by atoms with Crippen LogP contribution < -0.4 is 4.90 Å². The number of hydrogen-bond donors (Lipinski definition) is 0. The number of rotatable bonds is 7. The summed E-state index contributed by atoms with van der Waals surface area (Å²) in [5.41, 5.74) is 16.0. The topological polar surface area (TPSA) is 6.48 Å². The molecule has 0 aromatic heterocycles. The molecule has 2 heteroatoms. The molecule has 0 saturated carbocycles. The van der Waals surface area contributed by atoms with Crippen LogP contribution in [0.5, 0.6) is 0 Å². The van der Waals surface area contributed by atoms with Crippen LogP contribution in [0.4, 0.5) is 17.1 Å². The van der Waals surface area contributed by atoms with E-state index in [1.807, 2.05) is 0 Å². The first-order valence-electron chi connectivity index (χ1n) is 18.0. The highest BCUT2D eigenvalue weighted by molar-refractivity contribution is 5.91. The Balaban J connectivity index is 1.16. The van der Waals surface area contributed by atoms with Crippen LogP contribution >= 0.6 is 0 Å². The van der Waals surface area contributed by atoms with Crippen molar-refractivity contribution >= 4 is 28.7 Å². The summed E-state index contributed by atoms with van der Waals surface area (Å²) in [6.45, 7) is 14.1. The van der Waals surface area contributed by atoms with Gasteiger partial charge in [0.1, 0.15) is 0 Å². The largest absolute Gasteiger partial charge is 0.335 e. The third-order valence-corrected chi connectivity index (χ3v) is 11.0. The first-order chi connectivity index (χ1) is 23.9. The number of allylic oxidation sites excluding steroid dienone is 11. The lowest BCUT2D eigenvalue weighted by Gasteiger charge is -2.37. The summed E-state index contributed by atoms with van der Waals surface area (Å²) in [6, 6.07) is 24.8. The Morgan fingerprint density at radius 2 is 1.55 bits per heavy atom. The molecular weight excluding hydrogens is 593 g/mol. The second-order valence-corrected chi connectivity index (χ2v) is 14.5. The van der Waals surface area contributed by atoms with Gasteiger partial charge in [0.2, 0.25) is 0 Å². The maximum atomic E-state index is 4.75. The van der Waals surface area contributed by atoms with Gasteiger partial charge in [0, 0.05) is 33.9 Å². The molecule has 5 aliphatic rings. The van der Waals surface area contributed by atoms with E-state index in [0.29, 0.717) is 0 Å². The minimum Gasteiger partial charge on any atom is -0.335 e. The predicted molar refractivity (Wildman–Crippen MR) is 209 cm³/mol. The molecule has 49 heavy (non-hydrogen) atoms. The zero-order chi connectivity index (χ0) is 33.5. The molecular formula is C47H46N2. The number of aryl methyl sites for hydroxylation is 1. The SMILES string of the molecule is C=C1C(=CC(=C)N(C2=CCCC=C2)C2C=CC3=C(C=CCC3)C2)C(C)(C)c2cc(N(c3ccccc3)c3ccc4c(c3)C=CCC4)ccc21. The number of hydrogen-bond acceptors (Lipinski definition) is 2. The van der Waals surface area contributed by atoms with E-state index in [4.69, 9.17) is 13.2 Å². The highest BCUT2D eigenvalue weighted by Crippen LogP contribution is 2.51. The summed E-state index contributed by atoms with van der Waals surface area (Å²) in [4.78, 5) is 4.86. The molecule has 0 fully saturated rings. The van der Waals surface area contributed by atoms with Crippen LogP contribution in [-0.4, -0.2) is 10.9 Å². The molecule has 1 unspecified atom stereocenters. The van der Waals surface area contributed by atoms with Crippen LogP contribution in [0.3, 0.4) is 0 Å². The van der Waals surface area contributed by atoms with Gasteiger partial charge in [-0.1, -0.05) is 106 Å². The Morgan fingerprint density at radius 3 is 2.39 bits per heavy atom. The fraction of sp³-hybridized carbons (Fsp3) is 0.234. The molecule has 0 saturated heterocycles. The maximum Gasteiger partial charge on any atom is 0.0565 e. The van der Waals surface area contributed by atoms with Crippen molar-refractivity contribution in [2.75, 3.05) is 4.90 Å². The summed E-state index contributed by atoms with van der Waals surface area (Å²) in [5.74, 6) is 0. The second-order valence-electron chi connectivity index (χ2n) is 14.5. The standard InChI is InChI=1S/C47H46N2/c1-33(48(39-19-7-5-8-20-39)41-25-23-35-15-11-13-17-37(35)30-41)29-45-34(2)44-28-27-43(32-46(44)47(45,3)4)49(40-21-9-6-10-22-40)42-26-24-36-16-12-14-18-38(36)31-42/h6-7,9-10,13-14,17-29,31-32,41H,1-2,5,8,11-12,15-16,30H2,3-4H3. The maximum absolute atomic E-state index is 4.75. The van der Waals surface area contributed by atoms with Crippen molar-refractivity contribution < 1.29 is 0 Å². The van der Waals surface area contributed by atoms with E-state index >= 15 is 0 Å². The third kappa shape index (κ3) is 5.74. The lowest BCUT2D eigenvalue weighted by Crippen LogP contribution is -2.33. The van der Waals surface area contributed by atoms with Crippen molar-refractivity contribution in [3.05, 3.63) is 185 Å². The van der Waals surface area contributed by atoms with Crippen molar-refractivity contribution in [1.29, 1.82) is 0 Å². The number of benzene rings is 3. The highest BCUT2D eigenvalue weighted by Gasteiger charge is 2.38. The van der Waals surface area contributed by atoms with E-state index < -0.39 is 0 Å². The highest BCUT2D eigenvalue weighted by atomic mass is 15.2. The van der Waals surface area contributed by atoms with Gasteiger partial charge in [-0.2, -0.15) is 0 Å². The number of nitrogens with zero attached hydrogens (tertiary/aromatic N) is 2. The number of anilines is 3. The average Bonchev–Trinajstić information content (AvgIpc) is 3.32. The van der Waals surface area contributed by atoms with Gasteiger partial charge in [-0.05, 0) is 138 Å². The van der Waals surface area contributed by atoms with Crippen molar-refractivity contribution in [1.82, 2.24) is 4.90 Å². The van der Waals surface area contributed by atoms with Crippen molar-refractivity contribution in [2.24, 2.45) is 0 Å². The second kappa shape index (κ2) is 12.7. The Labute approximate surface area is 292 Å². The molecule has 0 N–H and O–H groups in total. The van der Waals surface area contributed by atoms with E-state index in [-0.39, 0.29) is 11.5 Å². The van der Waals surface area contributed by atoms with Gasteiger partial charge in [0.05, 0.1) is 6.04 Å². The smallest absolute Gasteiger partial charge is 0.0565 e. The molecule has 0 bridgehead atoms. The van der Waals surface area contributed by atoms with Crippen LogP contribution in [-0.2, 0) is 11.8 Å². The first-order valence-corrected chi connectivity index (χ1v) is 18.0. The molecule has 5 aliphatic carbocycles. The van der Waals surface area contributed by atoms with Crippen molar-refractivity contribution in [3.8, 4) is 0 Å². The zero-order valence-corrected chi connectivity index (χ0v) is 29.0. The lowest BCUT2D eigenvalue weighted by atomic mass is 9.81. The predicted octanol–water partition coefficient (Wildman–Crippen LogP) is 12.4. The van der Waals surface area contributed by atoms with E-state index in [2.05, 4.69) is 151 Å². The van der Waals surface area contributed by atoms with Crippen LogP contribution in [0.2, 0.25) is 0 Å². The summed E-state index contributed by atoms with van der Waals surface area (Å²) in [5, 5.41) is 0. The lowest BCUT2D eigenvalue weighted by molar-refractivity contribution is 0.375. The number of fused-ring (bicyclic) bond motifs is 2. The van der Waals surface area contributed by atoms with Crippen LogP contribution in [0, 0.1) is 0 Å². The van der Waals surface area contributed by atoms with E-state index in [1.54, 1.807) is 0 Å². The molecule has 244 valence electrons. The molecule has 0 radical (unpaired) electrons. The fourth-order valence-corrected chi connectivity index (χ4v) is 8.37. The van der Waals surface area contributed by atoms with Gasteiger partial charge in [0.15, 0.2) is 0 Å². The normalized spacial score (nSPS) is 20.9. The van der Waals surface area contributed by atoms with E-state index in [0.717, 1.165) is 67.6 Å². The van der Waals surface area contributed by atoms with E-state index in [1.165, 1.54) is 50.4 Å². The Morgan fingerprint density at radius 1 is 0.776 bits per heavy atom. The van der Waals surface area contributed by atoms with Crippen molar-refractivity contribution in [3.63, 3.8) is 0 Å². The molecule has 3 aromatic rings. The molecule has 0 heterocycles. The molecule has 1 atom stereocenters. The molecule has 0 aliphatic heterocycles. The minimum atomic E-state index is -0.251. The monoisotopic (exact) mass is 638 g/mol. The summed E-state index contributed by atoms with van der Waals surface area (Å²) >= 11 is 0.